The van der Waals surface area contributed by atoms with E-state index >= 15 is 0 Å². The zero-order chi connectivity index (χ0) is 15.1. The highest BCUT2D eigenvalue weighted by molar-refractivity contribution is 5.88. The van der Waals surface area contributed by atoms with Crippen molar-refractivity contribution in [1.29, 1.82) is 0 Å². The van der Waals surface area contributed by atoms with Crippen LogP contribution in [0.5, 0.6) is 0 Å². The molecule has 20 heavy (non-hydrogen) atoms. The summed E-state index contributed by atoms with van der Waals surface area (Å²) in [6.45, 7) is 10.2. The molecular formula is C17H23NO2. The molecule has 0 bridgehead atoms. The van der Waals surface area contributed by atoms with Crippen molar-refractivity contribution in [3.8, 4) is 0 Å². The Kier molecular flexibility index (Phi) is 3.63. The normalized spacial score (nSPS) is 18.2. The molecule has 0 saturated carbocycles. The summed E-state index contributed by atoms with van der Waals surface area (Å²) in [4.78, 5) is 13.7. The second kappa shape index (κ2) is 4.97. The Bertz CT molecular complexity index is 572. The fraction of sp³-hybridized carbons (Fsp3) is 0.471. The summed E-state index contributed by atoms with van der Waals surface area (Å²) in [5, 5.41) is 9.58. The van der Waals surface area contributed by atoms with E-state index in [-0.39, 0.29) is 5.54 Å². The molecule has 1 heterocycles. The molecule has 2 rings (SSSR count). The maximum atomic E-state index is 11.7. The average Bonchev–Trinajstić information content (AvgIpc) is 2.33. The quantitative estimate of drug-likeness (QED) is 0.909. The highest BCUT2D eigenvalue weighted by atomic mass is 16.4. The molecule has 0 fully saturated rings. The van der Waals surface area contributed by atoms with Crippen LogP contribution in [0.3, 0.4) is 0 Å². The molecule has 0 amide bonds. The van der Waals surface area contributed by atoms with E-state index in [1.165, 1.54) is 5.57 Å². The minimum Gasteiger partial charge on any atom is -0.480 e. The number of carbonyl (C=O) groups is 1. The molecule has 0 saturated heterocycles. The van der Waals surface area contributed by atoms with E-state index < -0.39 is 12.0 Å². The van der Waals surface area contributed by atoms with Crippen LogP contribution >= 0.6 is 0 Å². The summed E-state index contributed by atoms with van der Waals surface area (Å²) in [5.41, 5.74) is 4.24. The van der Waals surface area contributed by atoms with Crippen LogP contribution in [0.25, 0.3) is 5.57 Å². The van der Waals surface area contributed by atoms with Crippen LogP contribution in [0.15, 0.2) is 24.3 Å². The minimum absolute atomic E-state index is 0.303. The first-order valence-electron chi connectivity index (χ1n) is 7.11. The average molecular weight is 273 g/mol. The van der Waals surface area contributed by atoms with Gasteiger partial charge >= 0.3 is 5.97 Å². The van der Waals surface area contributed by atoms with Crippen LogP contribution in [0.2, 0.25) is 0 Å². The molecule has 3 nitrogen and oxygen atoms in total. The predicted octanol–water partition coefficient (Wildman–Crippen LogP) is 3.86. The van der Waals surface area contributed by atoms with Crippen LogP contribution in [-0.2, 0) is 4.79 Å². The van der Waals surface area contributed by atoms with Gasteiger partial charge in [0.25, 0.3) is 0 Å². The minimum atomic E-state index is -0.761. The number of nitrogens with zero attached hydrogens (tertiary/aromatic N) is 1. The third kappa shape index (κ3) is 2.21. The number of para-hydroxylation sites is 1. The van der Waals surface area contributed by atoms with Crippen LogP contribution in [0.1, 0.15) is 45.2 Å². The first kappa shape index (κ1) is 14.6. The van der Waals surface area contributed by atoms with E-state index in [0.29, 0.717) is 6.42 Å². The predicted molar refractivity (Wildman–Crippen MR) is 83.1 cm³/mol. The first-order valence-corrected chi connectivity index (χ1v) is 7.11. The van der Waals surface area contributed by atoms with Crippen molar-refractivity contribution in [2.24, 2.45) is 0 Å². The molecule has 0 radical (unpaired) electrons. The van der Waals surface area contributed by atoms with Crippen molar-refractivity contribution in [2.75, 3.05) is 4.90 Å². The molecule has 1 aliphatic rings. The number of aryl methyl sites for hydroxylation is 1. The van der Waals surface area contributed by atoms with Gasteiger partial charge in [-0.2, -0.15) is 0 Å². The summed E-state index contributed by atoms with van der Waals surface area (Å²) < 4.78 is 0. The van der Waals surface area contributed by atoms with E-state index in [4.69, 9.17) is 0 Å². The monoisotopic (exact) mass is 273 g/mol. The summed E-state index contributed by atoms with van der Waals surface area (Å²) in [6.07, 6.45) is 2.75. The zero-order valence-corrected chi connectivity index (χ0v) is 12.9. The number of fused-ring (bicyclic) bond motifs is 1. The van der Waals surface area contributed by atoms with Gasteiger partial charge in [0.15, 0.2) is 0 Å². The van der Waals surface area contributed by atoms with Crippen molar-refractivity contribution in [3.05, 3.63) is 35.4 Å². The van der Waals surface area contributed by atoms with Gasteiger partial charge in [0.1, 0.15) is 6.04 Å². The zero-order valence-electron chi connectivity index (χ0n) is 12.9. The molecule has 108 valence electrons. The molecule has 0 spiro atoms. The fourth-order valence-corrected chi connectivity index (χ4v) is 3.29. The van der Waals surface area contributed by atoms with E-state index in [1.807, 2.05) is 13.0 Å². The summed E-state index contributed by atoms with van der Waals surface area (Å²) in [6, 6.07) is 5.65. The largest absolute Gasteiger partial charge is 0.480 e. The Labute approximate surface area is 120 Å². The lowest BCUT2D eigenvalue weighted by molar-refractivity contribution is -0.139. The second-order valence-electron chi connectivity index (χ2n) is 6.08. The van der Waals surface area contributed by atoms with Gasteiger partial charge in [-0.25, -0.2) is 4.79 Å². The number of carboxylic acid groups (broad SMARTS) is 1. The van der Waals surface area contributed by atoms with Crippen LogP contribution in [0.4, 0.5) is 5.69 Å². The summed E-state index contributed by atoms with van der Waals surface area (Å²) in [7, 11) is 0. The van der Waals surface area contributed by atoms with Gasteiger partial charge in [0.2, 0.25) is 0 Å². The molecule has 0 aliphatic carbocycles. The maximum Gasteiger partial charge on any atom is 0.326 e. The van der Waals surface area contributed by atoms with Crippen molar-refractivity contribution >= 4 is 17.2 Å². The molecule has 1 unspecified atom stereocenters. The SMILES string of the molecule is CCC(C(=O)O)N1c2c(C)cccc2C(C)=CC1(C)C. The maximum absolute atomic E-state index is 11.7. The second-order valence-corrected chi connectivity index (χ2v) is 6.08. The van der Waals surface area contributed by atoms with Crippen molar-refractivity contribution in [2.45, 2.75) is 52.6 Å². The van der Waals surface area contributed by atoms with Gasteiger partial charge in [-0.3, -0.25) is 0 Å². The number of hydrogen-bond donors (Lipinski definition) is 1. The number of carboxylic acids is 1. The van der Waals surface area contributed by atoms with Gasteiger partial charge in [0.05, 0.1) is 5.54 Å². The van der Waals surface area contributed by atoms with Crippen molar-refractivity contribution in [1.82, 2.24) is 0 Å². The van der Waals surface area contributed by atoms with Gasteiger partial charge in [-0.1, -0.05) is 31.2 Å². The Hall–Kier alpha value is -1.77. The first-order chi connectivity index (χ1) is 9.29. The van der Waals surface area contributed by atoms with E-state index in [2.05, 4.69) is 50.8 Å². The number of benzene rings is 1. The lowest BCUT2D eigenvalue weighted by Gasteiger charge is -2.47. The Morgan fingerprint density at radius 1 is 1.35 bits per heavy atom. The molecular weight excluding hydrogens is 250 g/mol. The van der Waals surface area contributed by atoms with Gasteiger partial charge in [0, 0.05) is 11.3 Å². The third-order valence-corrected chi connectivity index (χ3v) is 4.08. The molecule has 1 aromatic carbocycles. The number of rotatable bonds is 3. The van der Waals surface area contributed by atoms with Crippen molar-refractivity contribution in [3.63, 3.8) is 0 Å². The molecule has 3 heteroatoms. The number of hydrogen-bond acceptors (Lipinski definition) is 2. The van der Waals surface area contributed by atoms with Crippen molar-refractivity contribution < 1.29 is 9.90 Å². The molecule has 1 atom stereocenters. The molecule has 1 aliphatic heterocycles. The van der Waals surface area contributed by atoms with E-state index in [9.17, 15) is 9.90 Å². The van der Waals surface area contributed by atoms with Crippen LogP contribution < -0.4 is 4.90 Å². The van der Waals surface area contributed by atoms with Gasteiger partial charge < -0.3 is 10.0 Å². The number of aliphatic carboxylic acids is 1. The standard InChI is InChI=1S/C17H23NO2/c1-6-14(16(19)20)18-15-11(2)8-7-9-13(15)12(3)10-17(18,4)5/h7-10,14H,6H2,1-5H3,(H,19,20). The fourth-order valence-electron chi connectivity index (χ4n) is 3.29. The number of allylic oxidation sites excluding steroid dienone is 1. The van der Waals surface area contributed by atoms with Crippen LogP contribution in [0, 0.1) is 6.92 Å². The van der Waals surface area contributed by atoms with E-state index in [0.717, 1.165) is 16.8 Å². The van der Waals surface area contributed by atoms with E-state index in [1.54, 1.807) is 0 Å². The molecule has 0 aromatic heterocycles. The summed E-state index contributed by atoms with van der Waals surface area (Å²) in [5.74, 6) is -0.761. The topological polar surface area (TPSA) is 40.5 Å². The highest BCUT2D eigenvalue weighted by Crippen LogP contribution is 2.42. The smallest absolute Gasteiger partial charge is 0.326 e. The van der Waals surface area contributed by atoms with Gasteiger partial charge in [-0.05, 0) is 45.3 Å². The Morgan fingerprint density at radius 2 is 2.00 bits per heavy atom. The third-order valence-electron chi connectivity index (χ3n) is 4.08. The molecule has 1 aromatic rings. The lowest BCUT2D eigenvalue weighted by atomic mass is 9.85. The Balaban J connectivity index is 2.70. The summed E-state index contributed by atoms with van der Waals surface area (Å²) >= 11 is 0. The number of anilines is 1. The highest BCUT2D eigenvalue weighted by Gasteiger charge is 2.39. The molecule has 1 N–H and O–H groups in total. The van der Waals surface area contributed by atoms with Crippen LogP contribution in [-0.4, -0.2) is 22.7 Å². The Morgan fingerprint density at radius 3 is 2.55 bits per heavy atom. The lowest BCUT2D eigenvalue weighted by Crippen LogP contribution is -2.54. The van der Waals surface area contributed by atoms with Gasteiger partial charge in [-0.15, -0.1) is 0 Å².